The Morgan fingerprint density at radius 1 is 1.47 bits per heavy atom. The lowest BCUT2D eigenvalue weighted by molar-refractivity contribution is -0.139. The molecular formula is C13H16O2. The van der Waals surface area contributed by atoms with Crippen molar-refractivity contribution < 1.29 is 9.53 Å². The third-order valence-electron chi connectivity index (χ3n) is 2.18. The van der Waals surface area contributed by atoms with E-state index in [1.165, 1.54) is 12.7 Å². The summed E-state index contributed by atoms with van der Waals surface area (Å²) in [7, 11) is 1.40. The van der Waals surface area contributed by atoms with Crippen molar-refractivity contribution in [3.8, 4) is 0 Å². The molecule has 80 valence electrons. The van der Waals surface area contributed by atoms with Gasteiger partial charge in [0, 0.05) is 0 Å². The van der Waals surface area contributed by atoms with E-state index >= 15 is 0 Å². The van der Waals surface area contributed by atoms with Gasteiger partial charge >= 0.3 is 5.97 Å². The number of rotatable bonds is 4. The molecule has 0 radical (unpaired) electrons. The molecule has 0 aromatic heterocycles. The molecule has 0 aliphatic heterocycles. The van der Waals surface area contributed by atoms with Crippen molar-refractivity contribution in [2.75, 3.05) is 7.11 Å². The maximum absolute atomic E-state index is 10.9. The molecule has 2 heteroatoms. The first-order chi connectivity index (χ1) is 7.26. The van der Waals surface area contributed by atoms with Crippen molar-refractivity contribution >= 4 is 12.0 Å². The number of hydrogen-bond acceptors (Lipinski definition) is 2. The third kappa shape index (κ3) is 3.98. The van der Waals surface area contributed by atoms with Gasteiger partial charge < -0.3 is 4.74 Å². The standard InChI is InChI=1S/C13H16O2/c1-3-11-6-4-7-12(10-11)8-5-9-13(14)15-2/h4-8,10H,3,9H2,1-2H3. The second-order valence-electron chi connectivity index (χ2n) is 3.28. The molecule has 0 unspecified atom stereocenters. The van der Waals surface area contributed by atoms with Crippen molar-refractivity contribution in [3.05, 3.63) is 41.5 Å². The van der Waals surface area contributed by atoms with Gasteiger partial charge in [0.15, 0.2) is 0 Å². The minimum atomic E-state index is -0.210. The monoisotopic (exact) mass is 204 g/mol. The smallest absolute Gasteiger partial charge is 0.309 e. The molecule has 0 saturated heterocycles. The summed E-state index contributed by atoms with van der Waals surface area (Å²) in [5.41, 5.74) is 2.42. The molecule has 0 saturated carbocycles. The molecule has 0 heterocycles. The quantitative estimate of drug-likeness (QED) is 0.705. The fraction of sp³-hybridized carbons (Fsp3) is 0.308. The number of methoxy groups -OCH3 is 1. The fourth-order valence-electron chi connectivity index (χ4n) is 1.29. The Balaban J connectivity index is 2.59. The van der Waals surface area contributed by atoms with Gasteiger partial charge in [0.1, 0.15) is 0 Å². The zero-order valence-corrected chi connectivity index (χ0v) is 9.19. The summed E-state index contributed by atoms with van der Waals surface area (Å²) in [5, 5.41) is 0. The Morgan fingerprint density at radius 3 is 2.93 bits per heavy atom. The van der Waals surface area contributed by atoms with E-state index in [1.54, 1.807) is 0 Å². The van der Waals surface area contributed by atoms with Crippen LogP contribution in [0.2, 0.25) is 0 Å². The van der Waals surface area contributed by atoms with Crippen LogP contribution in [0.4, 0.5) is 0 Å². The van der Waals surface area contributed by atoms with E-state index in [4.69, 9.17) is 0 Å². The van der Waals surface area contributed by atoms with Crippen LogP contribution in [-0.4, -0.2) is 13.1 Å². The van der Waals surface area contributed by atoms with Gasteiger partial charge in [0.05, 0.1) is 13.5 Å². The molecule has 0 amide bonds. The summed E-state index contributed by atoms with van der Waals surface area (Å²) < 4.78 is 4.54. The highest BCUT2D eigenvalue weighted by Crippen LogP contribution is 2.08. The van der Waals surface area contributed by atoms with E-state index in [1.807, 2.05) is 24.3 Å². The molecule has 0 spiro atoms. The lowest BCUT2D eigenvalue weighted by Gasteiger charge is -1.98. The Morgan fingerprint density at radius 2 is 2.27 bits per heavy atom. The predicted octanol–water partition coefficient (Wildman–Crippen LogP) is 2.83. The fourth-order valence-corrected chi connectivity index (χ4v) is 1.29. The van der Waals surface area contributed by atoms with Crippen molar-refractivity contribution in [2.24, 2.45) is 0 Å². The summed E-state index contributed by atoms with van der Waals surface area (Å²) in [6.07, 6.45) is 5.11. The molecule has 0 atom stereocenters. The lowest BCUT2D eigenvalue weighted by Crippen LogP contribution is -1.96. The van der Waals surface area contributed by atoms with Gasteiger partial charge in [-0.25, -0.2) is 0 Å². The molecule has 15 heavy (non-hydrogen) atoms. The molecule has 2 nitrogen and oxygen atoms in total. The predicted molar refractivity (Wildman–Crippen MR) is 61.5 cm³/mol. The van der Waals surface area contributed by atoms with Crippen LogP contribution < -0.4 is 0 Å². The molecule has 1 aromatic rings. The van der Waals surface area contributed by atoms with Crippen LogP contribution in [0.5, 0.6) is 0 Å². The van der Waals surface area contributed by atoms with Gasteiger partial charge in [0.2, 0.25) is 0 Å². The number of hydrogen-bond donors (Lipinski definition) is 0. The molecule has 0 N–H and O–H groups in total. The van der Waals surface area contributed by atoms with Crippen LogP contribution in [0.25, 0.3) is 6.08 Å². The number of carbonyl (C=O) groups excluding carboxylic acids is 1. The lowest BCUT2D eigenvalue weighted by atomic mass is 10.1. The van der Waals surface area contributed by atoms with Crippen LogP contribution >= 0.6 is 0 Å². The number of benzene rings is 1. The molecule has 0 fully saturated rings. The van der Waals surface area contributed by atoms with Gasteiger partial charge in [-0.3, -0.25) is 4.79 Å². The van der Waals surface area contributed by atoms with E-state index in [0.717, 1.165) is 12.0 Å². The second-order valence-corrected chi connectivity index (χ2v) is 3.28. The van der Waals surface area contributed by atoms with Crippen molar-refractivity contribution in [3.63, 3.8) is 0 Å². The minimum absolute atomic E-state index is 0.210. The normalized spacial score (nSPS) is 10.5. The number of ether oxygens (including phenoxy) is 1. The van der Waals surface area contributed by atoms with Gasteiger partial charge in [-0.15, -0.1) is 0 Å². The Labute approximate surface area is 90.6 Å². The van der Waals surface area contributed by atoms with Crippen LogP contribution in [0.15, 0.2) is 30.3 Å². The third-order valence-corrected chi connectivity index (χ3v) is 2.18. The minimum Gasteiger partial charge on any atom is -0.469 e. The number of aryl methyl sites for hydroxylation is 1. The SMILES string of the molecule is CCc1cccc(C=CCC(=O)OC)c1. The molecule has 0 aliphatic rings. The molecule has 0 aliphatic carbocycles. The average Bonchev–Trinajstić information content (AvgIpc) is 2.29. The molecule has 1 aromatic carbocycles. The highest BCUT2D eigenvalue weighted by atomic mass is 16.5. The van der Waals surface area contributed by atoms with Crippen molar-refractivity contribution in [2.45, 2.75) is 19.8 Å². The maximum atomic E-state index is 10.9. The summed E-state index contributed by atoms with van der Waals surface area (Å²) in [6.45, 7) is 2.12. The van der Waals surface area contributed by atoms with E-state index in [-0.39, 0.29) is 5.97 Å². The maximum Gasteiger partial charge on any atom is 0.309 e. The highest BCUT2D eigenvalue weighted by Gasteiger charge is 1.94. The van der Waals surface area contributed by atoms with Crippen molar-refractivity contribution in [1.29, 1.82) is 0 Å². The first-order valence-corrected chi connectivity index (χ1v) is 5.08. The Kier molecular flexibility index (Phi) is 4.61. The van der Waals surface area contributed by atoms with Crippen molar-refractivity contribution in [1.82, 2.24) is 0 Å². The van der Waals surface area contributed by atoms with E-state index in [2.05, 4.69) is 23.8 Å². The van der Waals surface area contributed by atoms with Gasteiger partial charge in [-0.05, 0) is 17.5 Å². The van der Waals surface area contributed by atoms with Crippen LogP contribution in [0.3, 0.4) is 0 Å². The zero-order valence-electron chi connectivity index (χ0n) is 9.19. The van der Waals surface area contributed by atoms with E-state index < -0.39 is 0 Å². The van der Waals surface area contributed by atoms with Gasteiger partial charge in [-0.2, -0.15) is 0 Å². The number of esters is 1. The number of carbonyl (C=O) groups is 1. The topological polar surface area (TPSA) is 26.3 Å². The van der Waals surface area contributed by atoms with E-state index in [9.17, 15) is 4.79 Å². The van der Waals surface area contributed by atoms with Crippen LogP contribution in [-0.2, 0) is 16.0 Å². The Bertz CT molecular complexity index is 353. The summed E-state index contributed by atoms with van der Waals surface area (Å²) in [4.78, 5) is 10.9. The van der Waals surface area contributed by atoms with E-state index in [0.29, 0.717) is 6.42 Å². The highest BCUT2D eigenvalue weighted by molar-refractivity contribution is 5.72. The molecular weight excluding hydrogens is 188 g/mol. The van der Waals surface area contributed by atoms with Gasteiger partial charge in [0.25, 0.3) is 0 Å². The summed E-state index contributed by atoms with van der Waals surface area (Å²) >= 11 is 0. The summed E-state index contributed by atoms with van der Waals surface area (Å²) in [6, 6.07) is 8.26. The zero-order chi connectivity index (χ0) is 11.1. The van der Waals surface area contributed by atoms with Crippen LogP contribution in [0, 0.1) is 0 Å². The Hall–Kier alpha value is -1.57. The second kappa shape index (κ2) is 6.02. The van der Waals surface area contributed by atoms with Crippen LogP contribution in [0.1, 0.15) is 24.5 Å². The molecule has 0 bridgehead atoms. The first kappa shape index (κ1) is 11.5. The largest absolute Gasteiger partial charge is 0.469 e. The molecule has 1 rings (SSSR count). The summed E-state index contributed by atoms with van der Waals surface area (Å²) in [5.74, 6) is -0.210. The average molecular weight is 204 g/mol. The first-order valence-electron chi connectivity index (χ1n) is 5.08. The van der Waals surface area contributed by atoms with Gasteiger partial charge in [-0.1, -0.05) is 43.3 Å².